The minimum absolute atomic E-state index is 0.144. The van der Waals surface area contributed by atoms with Crippen LogP contribution < -0.4 is 5.56 Å². The molecule has 1 aromatic rings. The Morgan fingerprint density at radius 2 is 2.14 bits per heavy atom. The maximum absolute atomic E-state index is 11.4. The Morgan fingerprint density at radius 1 is 1.50 bits per heavy atom. The summed E-state index contributed by atoms with van der Waals surface area (Å²) in [6.45, 7) is 4.16. The summed E-state index contributed by atoms with van der Waals surface area (Å²) in [5.74, 6) is -0.993. The van der Waals surface area contributed by atoms with E-state index in [1.54, 1.807) is 6.92 Å². The van der Waals surface area contributed by atoms with Gasteiger partial charge in [0.1, 0.15) is 0 Å². The zero-order valence-corrected chi connectivity index (χ0v) is 8.28. The monoisotopic (exact) mass is 195 g/mol. The van der Waals surface area contributed by atoms with Crippen molar-refractivity contribution >= 4 is 5.97 Å². The van der Waals surface area contributed by atoms with Gasteiger partial charge in [0.25, 0.3) is 5.56 Å². The zero-order chi connectivity index (χ0) is 10.7. The molecule has 0 saturated heterocycles. The van der Waals surface area contributed by atoms with E-state index in [9.17, 15) is 9.59 Å². The molecule has 14 heavy (non-hydrogen) atoms. The number of hydrogen-bond acceptors (Lipinski definition) is 2. The zero-order valence-electron chi connectivity index (χ0n) is 8.28. The summed E-state index contributed by atoms with van der Waals surface area (Å²) in [5.41, 5.74) is 0.569. The van der Waals surface area contributed by atoms with E-state index >= 15 is 0 Å². The first-order valence-electron chi connectivity index (χ1n) is 4.51. The van der Waals surface area contributed by atoms with E-state index in [-0.39, 0.29) is 11.1 Å². The lowest BCUT2D eigenvalue weighted by atomic mass is 10.2. The first kappa shape index (κ1) is 10.5. The molecular weight excluding hydrogens is 182 g/mol. The summed E-state index contributed by atoms with van der Waals surface area (Å²) in [7, 11) is 0. The van der Waals surface area contributed by atoms with Crippen molar-refractivity contribution in [1.82, 2.24) is 4.57 Å². The fraction of sp³-hybridized carbons (Fsp3) is 0.400. The van der Waals surface area contributed by atoms with Crippen molar-refractivity contribution in [3.8, 4) is 0 Å². The van der Waals surface area contributed by atoms with Crippen molar-refractivity contribution in [2.45, 2.75) is 26.8 Å². The van der Waals surface area contributed by atoms with Crippen LogP contribution in [0.25, 0.3) is 0 Å². The van der Waals surface area contributed by atoms with Crippen LogP contribution in [0.2, 0.25) is 0 Å². The van der Waals surface area contributed by atoms with Crippen molar-refractivity contribution in [3.05, 3.63) is 33.7 Å². The summed E-state index contributed by atoms with van der Waals surface area (Å²) >= 11 is 0. The van der Waals surface area contributed by atoms with Gasteiger partial charge in [-0.25, -0.2) is 4.79 Å². The van der Waals surface area contributed by atoms with Crippen molar-refractivity contribution in [1.29, 1.82) is 0 Å². The first-order valence-corrected chi connectivity index (χ1v) is 4.51. The average molecular weight is 195 g/mol. The van der Waals surface area contributed by atoms with Crippen molar-refractivity contribution in [2.75, 3.05) is 0 Å². The number of aromatic nitrogens is 1. The van der Waals surface area contributed by atoms with Gasteiger partial charge in [-0.3, -0.25) is 4.79 Å². The summed E-state index contributed by atoms with van der Waals surface area (Å²) in [5, 5.41) is 8.83. The Balaban J connectivity index is 3.33. The van der Waals surface area contributed by atoms with E-state index < -0.39 is 5.97 Å². The van der Waals surface area contributed by atoms with Crippen LogP contribution in [-0.4, -0.2) is 15.6 Å². The number of rotatable bonds is 3. The second-order valence-electron chi connectivity index (χ2n) is 3.13. The third-order valence-corrected chi connectivity index (χ3v) is 2.13. The van der Waals surface area contributed by atoms with E-state index in [0.717, 1.165) is 6.42 Å². The van der Waals surface area contributed by atoms with Gasteiger partial charge in [0, 0.05) is 18.3 Å². The quantitative estimate of drug-likeness (QED) is 0.790. The molecule has 0 fully saturated rings. The number of pyridine rings is 1. The Hall–Kier alpha value is -1.58. The maximum Gasteiger partial charge on any atom is 0.337 e. The Morgan fingerprint density at radius 3 is 2.64 bits per heavy atom. The molecule has 4 nitrogen and oxygen atoms in total. The number of aromatic carboxylic acids is 1. The molecule has 0 aromatic carbocycles. The second-order valence-corrected chi connectivity index (χ2v) is 3.13. The molecule has 1 N–H and O–H groups in total. The van der Waals surface area contributed by atoms with Crippen molar-refractivity contribution in [3.63, 3.8) is 0 Å². The fourth-order valence-corrected chi connectivity index (χ4v) is 1.40. The molecule has 4 heteroatoms. The molecule has 0 saturated carbocycles. The Bertz CT molecular complexity index is 406. The van der Waals surface area contributed by atoms with Gasteiger partial charge in [-0.1, -0.05) is 6.92 Å². The van der Waals surface area contributed by atoms with Gasteiger partial charge in [0.2, 0.25) is 0 Å². The fourth-order valence-electron chi connectivity index (χ4n) is 1.40. The van der Waals surface area contributed by atoms with Gasteiger partial charge in [-0.15, -0.1) is 0 Å². The molecule has 0 aliphatic carbocycles. The highest BCUT2D eigenvalue weighted by molar-refractivity contribution is 5.88. The number of nitrogens with zero attached hydrogens (tertiary/aromatic N) is 1. The number of carboxylic acids is 1. The molecular formula is C10H13NO3. The van der Waals surface area contributed by atoms with Gasteiger partial charge in [-0.05, 0) is 19.4 Å². The topological polar surface area (TPSA) is 59.3 Å². The third kappa shape index (κ3) is 1.84. The smallest absolute Gasteiger partial charge is 0.337 e. The minimum atomic E-state index is -0.993. The molecule has 1 rings (SSSR count). The van der Waals surface area contributed by atoms with Gasteiger partial charge < -0.3 is 9.67 Å². The molecule has 0 spiro atoms. The van der Waals surface area contributed by atoms with E-state index in [0.29, 0.717) is 12.2 Å². The highest BCUT2D eigenvalue weighted by Crippen LogP contribution is 2.05. The maximum atomic E-state index is 11.4. The van der Waals surface area contributed by atoms with Crippen LogP contribution in [0.5, 0.6) is 0 Å². The number of carbonyl (C=O) groups is 1. The lowest BCUT2D eigenvalue weighted by molar-refractivity contribution is 0.0695. The molecule has 0 atom stereocenters. The van der Waals surface area contributed by atoms with Crippen LogP contribution in [0.3, 0.4) is 0 Å². The number of hydrogen-bond donors (Lipinski definition) is 1. The third-order valence-electron chi connectivity index (χ3n) is 2.13. The molecule has 1 heterocycles. The predicted octanol–water partition coefficient (Wildman–Crippen LogP) is 1.26. The molecule has 1 aromatic heterocycles. The van der Waals surface area contributed by atoms with Crippen LogP contribution in [0.1, 0.15) is 29.4 Å². The van der Waals surface area contributed by atoms with Gasteiger partial charge >= 0.3 is 5.97 Å². The van der Waals surface area contributed by atoms with E-state index in [4.69, 9.17) is 5.11 Å². The molecule has 0 amide bonds. The van der Waals surface area contributed by atoms with Crippen LogP contribution in [0.15, 0.2) is 16.9 Å². The van der Waals surface area contributed by atoms with E-state index in [2.05, 4.69) is 0 Å². The average Bonchev–Trinajstić information content (AvgIpc) is 2.11. The predicted molar refractivity (Wildman–Crippen MR) is 52.7 cm³/mol. The van der Waals surface area contributed by atoms with Crippen molar-refractivity contribution in [2.24, 2.45) is 0 Å². The van der Waals surface area contributed by atoms with Crippen molar-refractivity contribution < 1.29 is 9.90 Å². The first-order chi connectivity index (χ1) is 6.57. The minimum Gasteiger partial charge on any atom is -0.478 e. The van der Waals surface area contributed by atoms with Gasteiger partial charge in [0.05, 0.1) is 5.56 Å². The Labute approximate surface area is 81.8 Å². The normalized spacial score (nSPS) is 10.1. The highest BCUT2D eigenvalue weighted by Gasteiger charge is 2.10. The van der Waals surface area contributed by atoms with Gasteiger partial charge in [0.15, 0.2) is 0 Å². The molecule has 0 bridgehead atoms. The van der Waals surface area contributed by atoms with Crippen LogP contribution >= 0.6 is 0 Å². The SMILES string of the molecule is CCCn1c(C)c(C(=O)O)ccc1=O. The Kier molecular flexibility index (Phi) is 3.06. The second kappa shape index (κ2) is 4.09. The lowest BCUT2D eigenvalue weighted by Crippen LogP contribution is -2.23. The lowest BCUT2D eigenvalue weighted by Gasteiger charge is -2.09. The van der Waals surface area contributed by atoms with Gasteiger partial charge in [-0.2, -0.15) is 0 Å². The molecule has 0 radical (unpaired) electrons. The van der Waals surface area contributed by atoms with E-state index in [1.807, 2.05) is 6.92 Å². The van der Waals surface area contributed by atoms with E-state index in [1.165, 1.54) is 16.7 Å². The van der Waals surface area contributed by atoms with Crippen LogP contribution in [0, 0.1) is 6.92 Å². The summed E-state index contributed by atoms with van der Waals surface area (Å²) in [6.07, 6.45) is 0.809. The molecule has 0 aliphatic rings. The molecule has 76 valence electrons. The molecule has 0 unspecified atom stereocenters. The summed E-state index contributed by atoms with van der Waals surface area (Å²) in [6, 6.07) is 2.65. The number of carboxylic acid groups (broad SMARTS) is 1. The van der Waals surface area contributed by atoms with Crippen LogP contribution in [-0.2, 0) is 6.54 Å². The standard InChI is InChI=1S/C10H13NO3/c1-3-6-11-7(2)8(10(13)14)4-5-9(11)12/h4-5H,3,6H2,1-2H3,(H,13,14). The summed E-state index contributed by atoms with van der Waals surface area (Å²) < 4.78 is 1.49. The molecule has 0 aliphatic heterocycles. The van der Waals surface area contributed by atoms with Crippen LogP contribution in [0.4, 0.5) is 0 Å². The highest BCUT2D eigenvalue weighted by atomic mass is 16.4. The largest absolute Gasteiger partial charge is 0.478 e. The summed E-state index contributed by atoms with van der Waals surface area (Å²) in [4.78, 5) is 22.1.